The molecule has 0 aliphatic carbocycles. The van der Waals surface area contributed by atoms with Crippen LogP contribution in [0.25, 0.3) is 94.3 Å². The highest BCUT2D eigenvalue weighted by molar-refractivity contribution is 6.37. The number of hydrogen-bond acceptors (Lipinski definition) is 4. The number of aromatic nitrogens is 1. The van der Waals surface area contributed by atoms with Gasteiger partial charge < -0.3 is 23.8 Å². The molecule has 0 amide bonds. The van der Waals surface area contributed by atoms with Crippen LogP contribution in [0.3, 0.4) is 0 Å². The lowest BCUT2D eigenvalue weighted by Gasteiger charge is -2.36. The smallest absolute Gasteiger partial charge is 0.135 e. The molecule has 0 bridgehead atoms. The Morgan fingerprint density at radius 2 is 0.560 bits per heavy atom. The van der Waals surface area contributed by atoms with Crippen LogP contribution in [0.15, 0.2) is 303 Å². The number of fused-ring (bicyclic) bond motifs is 15. The quantitative estimate of drug-likeness (QED) is 0.172. The molecule has 14 aromatic rings. The van der Waals surface area contributed by atoms with E-state index in [2.05, 4.69) is 293 Å². The summed E-state index contributed by atoms with van der Waals surface area (Å²) < 4.78 is 16.6. The van der Waals surface area contributed by atoms with Crippen molar-refractivity contribution >= 4 is 67.5 Å². The number of rotatable bonds is 5. The van der Waals surface area contributed by atoms with Crippen LogP contribution in [0, 0.1) is 0 Å². The Hall–Kier alpha value is -10.9. The Balaban J connectivity index is 1.08. The van der Waals surface area contributed by atoms with Crippen LogP contribution in [-0.4, -0.2) is 4.57 Å². The fraction of sp³-hybridized carbons (Fsp3) is 0. The van der Waals surface area contributed by atoms with E-state index in [9.17, 15) is 0 Å². The lowest BCUT2D eigenvalue weighted by atomic mass is 9.93. The van der Waals surface area contributed by atoms with Gasteiger partial charge in [0.15, 0.2) is 0 Å². The van der Waals surface area contributed by atoms with Crippen molar-refractivity contribution in [2.75, 3.05) is 9.80 Å². The number of halogens is 1. The van der Waals surface area contributed by atoms with Crippen molar-refractivity contribution in [1.82, 2.24) is 4.57 Å². The molecule has 2 aliphatic rings. The highest BCUT2D eigenvalue weighted by Crippen LogP contribution is 2.58. The third-order valence-corrected chi connectivity index (χ3v) is 16.9. The highest BCUT2D eigenvalue weighted by atomic mass is 35.5. The summed E-state index contributed by atoms with van der Waals surface area (Å²) in [6.07, 6.45) is 0. The van der Waals surface area contributed by atoms with Crippen molar-refractivity contribution in [3.63, 3.8) is 0 Å². The Morgan fingerprint density at radius 3 is 0.976 bits per heavy atom. The van der Waals surface area contributed by atoms with Crippen molar-refractivity contribution in [2.45, 2.75) is 0 Å². The summed E-state index contributed by atoms with van der Waals surface area (Å²) >= 11 is 8.76. The van der Waals surface area contributed by atoms with Crippen molar-refractivity contribution < 1.29 is 9.47 Å². The van der Waals surface area contributed by atoms with Gasteiger partial charge in [-0.2, -0.15) is 0 Å². The maximum Gasteiger partial charge on any atom is 0.135 e. The lowest BCUT2D eigenvalue weighted by molar-refractivity contribution is 0.486. The molecule has 16 rings (SSSR count). The van der Waals surface area contributed by atoms with Gasteiger partial charge in [-0.1, -0.05) is 230 Å². The zero-order chi connectivity index (χ0) is 55.7. The van der Waals surface area contributed by atoms with Crippen LogP contribution in [0.5, 0.6) is 23.0 Å². The van der Waals surface area contributed by atoms with E-state index in [1.807, 2.05) is 24.3 Å². The summed E-state index contributed by atoms with van der Waals surface area (Å²) in [7, 11) is 0. The first-order chi connectivity index (χ1) is 41.6. The average Bonchev–Trinajstić information content (AvgIpc) is 1.54. The molecule has 0 saturated heterocycles. The van der Waals surface area contributed by atoms with Gasteiger partial charge in [0.05, 0.1) is 55.9 Å². The second-order valence-corrected chi connectivity index (χ2v) is 21.6. The number of nitrogens with zero attached hydrogens (tertiary/aromatic N) is 3. The second-order valence-electron chi connectivity index (χ2n) is 21.3. The minimum atomic E-state index is 0.532. The zero-order valence-corrected chi connectivity index (χ0v) is 46.2. The summed E-state index contributed by atoms with van der Waals surface area (Å²) in [4.78, 5) is 4.79. The molecule has 0 saturated carbocycles. The number of benzene rings is 13. The van der Waals surface area contributed by atoms with Crippen LogP contribution in [0.1, 0.15) is 0 Å². The predicted octanol–water partition coefficient (Wildman–Crippen LogP) is 22.6. The lowest BCUT2D eigenvalue weighted by Crippen LogP contribution is -2.18. The van der Waals surface area contributed by atoms with Gasteiger partial charge in [0.2, 0.25) is 0 Å². The predicted molar refractivity (Wildman–Crippen MR) is 348 cm³/mol. The molecule has 0 unspecified atom stereocenters. The molecule has 13 aromatic carbocycles. The largest absolute Gasteiger partial charge is 0.456 e. The minimum Gasteiger partial charge on any atom is -0.456 e. The number of ether oxygens (including phenoxy) is 2. The molecule has 0 spiro atoms. The van der Waals surface area contributed by atoms with Crippen molar-refractivity contribution in [1.29, 1.82) is 0 Å². The van der Waals surface area contributed by atoms with Gasteiger partial charge in [-0.25, -0.2) is 0 Å². The summed E-state index contributed by atoms with van der Waals surface area (Å²) in [6, 6.07) is 108. The first-order valence-corrected chi connectivity index (χ1v) is 28.7. The summed E-state index contributed by atoms with van der Waals surface area (Å²) in [5.74, 6) is 2.96. The molecule has 396 valence electrons. The molecular formula is C78H50ClN3O2. The monoisotopic (exact) mass is 1100 g/mol. The van der Waals surface area contributed by atoms with Gasteiger partial charge in [-0.3, -0.25) is 0 Å². The number of hydrogen-bond donors (Lipinski definition) is 0. The topological polar surface area (TPSA) is 29.9 Å². The number of para-hydroxylation sites is 8. The Morgan fingerprint density at radius 1 is 0.238 bits per heavy atom. The third-order valence-electron chi connectivity index (χ3n) is 16.5. The average molecular weight is 1100 g/mol. The summed E-state index contributed by atoms with van der Waals surface area (Å²) in [5, 5.41) is 2.84. The Labute approximate surface area is 492 Å². The van der Waals surface area contributed by atoms with Gasteiger partial charge in [-0.05, 0) is 107 Å². The van der Waals surface area contributed by atoms with E-state index in [-0.39, 0.29) is 0 Å². The van der Waals surface area contributed by atoms with Crippen molar-refractivity contribution in [3.8, 4) is 95.4 Å². The number of anilines is 6. The van der Waals surface area contributed by atoms with Crippen LogP contribution in [-0.2, 0) is 0 Å². The molecule has 3 heterocycles. The van der Waals surface area contributed by atoms with Gasteiger partial charge in [0.1, 0.15) is 23.0 Å². The molecule has 0 radical (unpaired) electrons. The maximum atomic E-state index is 8.76. The van der Waals surface area contributed by atoms with Crippen LogP contribution in [0.2, 0.25) is 5.02 Å². The summed E-state index contributed by atoms with van der Waals surface area (Å²) in [6.45, 7) is 0. The first kappa shape index (κ1) is 49.0. The maximum absolute atomic E-state index is 8.76. The molecule has 0 N–H and O–H groups in total. The Kier molecular flexibility index (Phi) is 11.8. The fourth-order valence-electron chi connectivity index (χ4n) is 12.7. The molecule has 0 fully saturated rings. The van der Waals surface area contributed by atoms with E-state index < -0.39 is 0 Å². The van der Waals surface area contributed by atoms with Crippen LogP contribution in [0.4, 0.5) is 34.1 Å². The SMILES string of the molecule is Clc1c(N2c3ccccc3-c3ccccc3Oc3ccccc3-c3cc(-c4ccccc4)ccc32)cc(-n2c3ccccc3c3ccccc32)cc1N1c2ccccc2-c2ccccc2Oc2ccccc2-c2cc(-c3ccccc3)ccc21. The molecule has 6 heteroatoms. The molecule has 5 nitrogen and oxygen atoms in total. The van der Waals surface area contributed by atoms with Crippen molar-refractivity contribution in [3.05, 3.63) is 308 Å². The minimum absolute atomic E-state index is 0.532. The van der Waals surface area contributed by atoms with Gasteiger partial charge >= 0.3 is 0 Å². The second kappa shape index (κ2) is 20.3. The summed E-state index contributed by atoms with van der Waals surface area (Å²) in [5.41, 5.74) is 20.3. The van der Waals surface area contributed by atoms with Gasteiger partial charge in [-0.15, -0.1) is 0 Å². The third kappa shape index (κ3) is 8.16. The van der Waals surface area contributed by atoms with Gasteiger partial charge in [0, 0.05) is 55.3 Å². The standard InChI is InChI=1S/C78H50ClN3O2/c79-78-72(81-68-37-17-9-29-58(68)60-31-11-19-39-74(60)83-76-41-21-13-33-62(76)64-47-53(43-45-70(64)81)51-23-3-1-4-24-51)49-55(80-66-35-15-7-27-56(66)57-28-8-16-36-67(57)80)50-73(78)82-69-38-18-10-30-59(69)61-32-12-20-40-75(61)84-77-42-22-14-34-63(77)65-48-54(44-46-71(65)82)52-25-5-2-6-26-52/h1-50H. The first-order valence-electron chi connectivity index (χ1n) is 28.3. The molecular weight excluding hydrogens is 1050 g/mol. The van der Waals surface area contributed by atoms with E-state index in [1.54, 1.807) is 0 Å². The van der Waals surface area contributed by atoms with E-state index in [0.29, 0.717) is 5.02 Å². The van der Waals surface area contributed by atoms with Crippen molar-refractivity contribution in [2.24, 2.45) is 0 Å². The van der Waals surface area contributed by atoms with E-state index in [0.717, 1.165) is 151 Å². The van der Waals surface area contributed by atoms with Crippen LogP contribution >= 0.6 is 11.6 Å². The molecule has 2 aliphatic heterocycles. The molecule has 1 aromatic heterocycles. The van der Waals surface area contributed by atoms with E-state index >= 15 is 0 Å². The van der Waals surface area contributed by atoms with E-state index in [4.69, 9.17) is 21.1 Å². The van der Waals surface area contributed by atoms with E-state index in [1.165, 1.54) is 0 Å². The zero-order valence-electron chi connectivity index (χ0n) is 45.4. The molecule has 84 heavy (non-hydrogen) atoms. The Bertz CT molecular complexity index is 4590. The molecule has 0 atom stereocenters. The van der Waals surface area contributed by atoms with Gasteiger partial charge in [0.25, 0.3) is 0 Å². The van der Waals surface area contributed by atoms with Crippen LogP contribution < -0.4 is 19.3 Å². The fourth-order valence-corrected chi connectivity index (χ4v) is 12.9. The highest BCUT2D eigenvalue weighted by Gasteiger charge is 2.33. The normalized spacial score (nSPS) is 12.2.